The first-order valence-corrected chi connectivity index (χ1v) is 10.5. The summed E-state index contributed by atoms with van der Waals surface area (Å²) in [5.41, 5.74) is 1.34. The number of amides is 1. The average Bonchev–Trinajstić information content (AvgIpc) is 3.05. The Morgan fingerprint density at radius 1 is 1.17 bits per heavy atom. The minimum atomic E-state index is -3.56. The summed E-state index contributed by atoms with van der Waals surface area (Å²) >= 11 is 0. The summed E-state index contributed by atoms with van der Waals surface area (Å²) in [7, 11) is -3.56. The number of sulfone groups is 1. The topological polar surface area (TPSA) is 127 Å². The van der Waals surface area contributed by atoms with E-state index in [1.165, 1.54) is 16.8 Å². The van der Waals surface area contributed by atoms with Gasteiger partial charge in [-0.25, -0.2) is 13.4 Å². The third-order valence-electron chi connectivity index (χ3n) is 4.38. The molecule has 0 fully saturated rings. The van der Waals surface area contributed by atoms with E-state index >= 15 is 0 Å². The number of aromatic amines is 1. The summed E-state index contributed by atoms with van der Waals surface area (Å²) in [6, 6.07) is 9.58. The number of hydrogen-bond acceptors (Lipinski definition) is 6. The lowest BCUT2D eigenvalue weighted by molar-refractivity contribution is -0.115. The van der Waals surface area contributed by atoms with Crippen LogP contribution in [0.25, 0.3) is 5.95 Å². The molecule has 10 heteroatoms. The predicted octanol–water partition coefficient (Wildman–Crippen LogP) is 1.68. The van der Waals surface area contributed by atoms with Crippen LogP contribution in [0.4, 0.5) is 5.82 Å². The summed E-state index contributed by atoms with van der Waals surface area (Å²) < 4.78 is 26.0. The van der Waals surface area contributed by atoms with E-state index in [9.17, 15) is 18.0 Å². The van der Waals surface area contributed by atoms with E-state index in [1.807, 2.05) is 0 Å². The second-order valence-corrected chi connectivity index (χ2v) is 8.72. The summed E-state index contributed by atoms with van der Waals surface area (Å²) in [5.74, 6) is -0.361. The van der Waals surface area contributed by atoms with Crippen LogP contribution in [0.5, 0.6) is 0 Å². The largest absolute Gasteiger partial charge is 0.310 e. The van der Waals surface area contributed by atoms with E-state index < -0.39 is 15.7 Å². The van der Waals surface area contributed by atoms with Gasteiger partial charge in [0.25, 0.3) is 5.56 Å². The third kappa shape index (κ3) is 4.60. The minimum Gasteiger partial charge on any atom is -0.310 e. The zero-order valence-electron chi connectivity index (χ0n) is 16.3. The zero-order chi connectivity index (χ0) is 21.2. The van der Waals surface area contributed by atoms with Crippen molar-refractivity contribution in [2.24, 2.45) is 0 Å². The fourth-order valence-electron chi connectivity index (χ4n) is 2.66. The van der Waals surface area contributed by atoms with Gasteiger partial charge in [0.2, 0.25) is 11.9 Å². The highest BCUT2D eigenvalue weighted by molar-refractivity contribution is 7.91. The Morgan fingerprint density at radius 2 is 1.86 bits per heavy atom. The molecule has 0 spiro atoms. The van der Waals surface area contributed by atoms with Crippen molar-refractivity contribution in [3.63, 3.8) is 0 Å². The highest BCUT2D eigenvalue weighted by Gasteiger charge is 2.18. The summed E-state index contributed by atoms with van der Waals surface area (Å²) in [4.78, 5) is 31.5. The van der Waals surface area contributed by atoms with Crippen LogP contribution < -0.4 is 10.9 Å². The Kier molecular flexibility index (Phi) is 5.64. The molecule has 152 valence electrons. The molecule has 0 atom stereocenters. The van der Waals surface area contributed by atoms with Crippen molar-refractivity contribution in [2.75, 3.05) is 11.1 Å². The molecule has 0 bridgehead atoms. The Balaban J connectivity index is 1.78. The van der Waals surface area contributed by atoms with Crippen molar-refractivity contribution in [2.45, 2.75) is 32.1 Å². The first-order chi connectivity index (χ1) is 13.7. The molecule has 0 radical (unpaired) electrons. The number of H-pyrrole nitrogens is 1. The smallest absolute Gasteiger partial charge is 0.255 e. The Morgan fingerprint density at radius 3 is 2.52 bits per heavy atom. The monoisotopic (exact) mass is 415 g/mol. The van der Waals surface area contributed by atoms with Crippen LogP contribution in [0, 0.1) is 20.8 Å². The number of aromatic nitrogens is 4. The molecule has 2 heterocycles. The number of hydrogen-bond donors (Lipinski definition) is 2. The maximum Gasteiger partial charge on any atom is 0.255 e. The zero-order valence-corrected chi connectivity index (χ0v) is 17.1. The molecule has 0 saturated carbocycles. The van der Waals surface area contributed by atoms with E-state index in [0.717, 1.165) is 0 Å². The Hall–Kier alpha value is -3.27. The van der Waals surface area contributed by atoms with Gasteiger partial charge in [-0.05, 0) is 32.9 Å². The molecule has 29 heavy (non-hydrogen) atoms. The first-order valence-electron chi connectivity index (χ1n) is 8.89. The highest BCUT2D eigenvalue weighted by Crippen LogP contribution is 2.16. The van der Waals surface area contributed by atoms with Crippen LogP contribution in [0.15, 0.2) is 46.1 Å². The second kappa shape index (κ2) is 8.00. The van der Waals surface area contributed by atoms with Gasteiger partial charge in [0.15, 0.2) is 9.84 Å². The van der Waals surface area contributed by atoms with Crippen molar-refractivity contribution in [3.05, 3.63) is 63.7 Å². The molecule has 2 N–H and O–H groups in total. The van der Waals surface area contributed by atoms with Gasteiger partial charge in [0, 0.05) is 23.7 Å². The Labute approximate surface area is 167 Å². The molecule has 3 rings (SSSR count). The molecule has 0 aliphatic carbocycles. The summed E-state index contributed by atoms with van der Waals surface area (Å²) in [6.45, 7) is 5.09. The van der Waals surface area contributed by atoms with Gasteiger partial charge in [-0.15, -0.1) is 0 Å². The molecule has 9 nitrogen and oxygen atoms in total. The fraction of sp³-hybridized carbons (Fsp3) is 0.263. The number of anilines is 1. The lowest BCUT2D eigenvalue weighted by Gasteiger charge is -2.09. The molecule has 3 aromatic rings. The quantitative estimate of drug-likeness (QED) is 0.631. The summed E-state index contributed by atoms with van der Waals surface area (Å²) in [6.07, 6.45) is -0.224. The molecule has 0 unspecified atom stereocenters. The predicted molar refractivity (Wildman–Crippen MR) is 108 cm³/mol. The molecular formula is C19H21N5O4S. The summed E-state index contributed by atoms with van der Waals surface area (Å²) in [5, 5.41) is 6.90. The third-order valence-corrected chi connectivity index (χ3v) is 6.11. The van der Waals surface area contributed by atoms with Crippen molar-refractivity contribution < 1.29 is 13.2 Å². The van der Waals surface area contributed by atoms with Gasteiger partial charge >= 0.3 is 0 Å². The first kappa shape index (κ1) is 20.5. The van der Waals surface area contributed by atoms with Crippen LogP contribution in [0.1, 0.15) is 23.4 Å². The van der Waals surface area contributed by atoms with E-state index in [-0.39, 0.29) is 34.4 Å². The van der Waals surface area contributed by atoms with Gasteiger partial charge in [-0.1, -0.05) is 18.2 Å². The van der Waals surface area contributed by atoms with Crippen molar-refractivity contribution in [1.29, 1.82) is 0 Å². The maximum atomic E-state index is 12.4. The fourth-order valence-corrected chi connectivity index (χ4v) is 3.92. The van der Waals surface area contributed by atoms with Crippen LogP contribution in [0.3, 0.4) is 0 Å². The highest BCUT2D eigenvalue weighted by atomic mass is 32.2. The number of nitrogens with zero attached hydrogens (tertiary/aromatic N) is 3. The number of benzene rings is 1. The van der Waals surface area contributed by atoms with Gasteiger partial charge in [-0.2, -0.15) is 9.78 Å². The number of carbonyl (C=O) groups excluding carboxylic acids is 1. The number of nitrogens with one attached hydrogen (secondary N) is 2. The van der Waals surface area contributed by atoms with Gasteiger partial charge in [0.1, 0.15) is 5.82 Å². The lowest BCUT2D eigenvalue weighted by Crippen LogP contribution is -2.22. The van der Waals surface area contributed by atoms with E-state index in [1.54, 1.807) is 45.0 Å². The Bertz CT molecular complexity index is 1210. The van der Waals surface area contributed by atoms with Crippen LogP contribution in [-0.4, -0.2) is 39.8 Å². The molecule has 1 aromatic carbocycles. The lowest BCUT2D eigenvalue weighted by atomic mass is 10.3. The molecule has 1 amide bonds. The van der Waals surface area contributed by atoms with Gasteiger partial charge in [0.05, 0.1) is 16.3 Å². The van der Waals surface area contributed by atoms with Crippen LogP contribution in [-0.2, 0) is 14.6 Å². The van der Waals surface area contributed by atoms with Gasteiger partial charge < -0.3 is 5.32 Å². The molecule has 2 aromatic heterocycles. The van der Waals surface area contributed by atoms with Crippen molar-refractivity contribution >= 4 is 21.6 Å². The van der Waals surface area contributed by atoms with Gasteiger partial charge in [-0.3, -0.25) is 14.6 Å². The molecule has 0 aliphatic rings. The van der Waals surface area contributed by atoms with E-state index in [0.29, 0.717) is 17.0 Å². The standard InChI is InChI=1S/C19H21N5O4S/c1-12-11-16(24(23-12)19-20-14(3)13(2)18(26)22-19)21-17(25)9-10-29(27,28)15-7-5-4-6-8-15/h4-8,11H,9-10H2,1-3H3,(H,21,25)(H,20,22,26). The number of rotatable bonds is 6. The average molecular weight is 415 g/mol. The SMILES string of the molecule is Cc1cc(NC(=O)CCS(=O)(=O)c2ccccc2)n(-c2nc(C)c(C)c(=O)[nH]2)n1. The van der Waals surface area contributed by atoms with Crippen LogP contribution in [0.2, 0.25) is 0 Å². The molecule has 0 saturated heterocycles. The second-order valence-electron chi connectivity index (χ2n) is 6.61. The maximum absolute atomic E-state index is 12.4. The van der Waals surface area contributed by atoms with Crippen molar-refractivity contribution in [3.8, 4) is 5.95 Å². The minimum absolute atomic E-state index is 0.165. The number of carbonyl (C=O) groups is 1. The van der Waals surface area contributed by atoms with Crippen LogP contribution >= 0.6 is 0 Å². The normalized spacial score (nSPS) is 11.4. The van der Waals surface area contributed by atoms with E-state index in [2.05, 4.69) is 20.4 Å². The number of aryl methyl sites for hydroxylation is 2. The molecule has 0 aliphatic heterocycles. The van der Waals surface area contributed by atoms with E-state index in [4.69, 9.17) is 0 Å². The molecular weight excluding hydrogens is 394 g/mol. The van der Waals surface area contributed by atoms with Crippen molar-refractivity contribution in [1.82, 2.24) is 19.7 Å².